The molecule has 0 aliphatic carbocycles. The first-order chi connectivity index (χ1) is 9.74. The van der Waals surface area contributed by atoms with Gasteiger partial charge in [0.05, 0.1) is 7.11 Å². The van der Waals surface area contributed by atoms with Crippen LogP contribution in [0.1, 0.15) is 37.7 Å². The topological polar surface area (TPSA) is 26.3 Å². The molecule has 2 fully saturated rings. The number of carbonyl (C=O) groups is 1. The first kappa shape index (κ1) is 14.0. The fraction of sp³-hybridized carbons (Fsp3) is 0.588. The Hall–Kier alpha value is -0.960. The smallest absolute Gasteiger partial charge is 0.140 e. The molecule has 2 bridgehead atoms. The maximum absolute atomic E-state index is 12.5. The maximum atomic E-state index is 12.5. The molecule has 0 amide bonds. The molecular weight excluding hydrogens is 268 g/mol. The molecule has 1 aromatic rings. The summed E-state index contributed by atoms with van der Waals surface area (Å²) in [5.41, 5.74) is 1.08. The zero-order chi connectivity index (χ0) is 13.9. The van der Waals surface area contributed by atoms with Crippen LogP contribution in [0.3, 0.4) is 0 Å². The molecule has 0 spiro atoms. The summed E-state index contributed by atoms with van der Waals surface area (Å²) >= 11 is 2.13. The molecule has 0 saturated carbocycles. The van der Waals surface area contributed by atoms with Gasteiger partial charge in [-0.1, -0.05) is 18.6 Å². The van der Waals surface area contributed by atoms with Gasteiger partial charge in [0, 0.05) is 22.8 Å². The largest absolute Gasteiger partial charge is 0.497 e. The number of thioether (sulfide) groups is 1. The lowest BCUT2D eigenvalue weighted by Gasteiger charge is -2.38. The number of carbonyl (C=O) groups excluding carboxylic acids is 1. The molecule has 2 aliphatic rings. The highest BCUT2D eigenvalue weighted by Gasteiger charge is 2.35. The van der Waals surface area contributed by atoms with Gasteiger partial charge in [0.2, 0.25) is 0 Å². The number of benzene rings is 1. The predicted octanol–water partition coefficient (Wildman–Crippen LogP) is 3.87. The summed E-state index contributed by atoms with van der Waals surface area (Å²) in [7, 11) is 1.67. The summed E-state index contributed by atoms with van der Waals surface area (Å²) in [6.45, 7) is 0. The Labute approximate surface area is 125 Å². The molecule has 20 heavy (non-hydrogen) atoms. The van der Waals surface area contributed by atoms with Crippen molar-refractivity contribution in [1.82, 2.24) is 0 Å². The number of methoxy groups -OCH3 is 1. The third kappa shape index (κ3) is 3.20. The molecule has 3 rings (SSSR count). The Bertz CT molecular complexity index is 474. The van der Waals surface area contributed by atoms with E-state index in [1.807, 2.05) is 24.3 Å². The Morgan fingerprint density at radius 2 is 2.05 bits per heavy atom. The van der Waals surface area contributed by atoms with Crippen molar-refractivity contribution in [3.05, 3.63) is 29.8 Å². The number of ether oxygens (including phenoxy) is 1. The van der Waals surface area contributed by atoms with Gasteiger partial charge in [-0.15, -0.1) is 0 Å². The predicted molar refractivity (Wildman–Crippen MR) is 83.4 cm³/mol. The zero-order valence-electron chi connectivity index (χ0n) is 12.0. The molecule has 2 atom stereocenters. The van der Waals surface area contributed by atoms with E-state index in [1.165, 1.54) is 19.3 Å². The van der Waals surface area contributed by atoms with E-state index in [0.717, 1.165) is 34.7 Å². The lowest BCUT2D eigenvalue weighted by molar-refractivity contribution is -0.122. The van der Waals surface area contributed by atoms with E-state index >= 15 is 0 Å². The molecule has 2 nitrogen and oxygen atoms in total. The molecule has 1 aromatic carbocycles. The van der Waals surface area contributed by atoms with Crippen molar-refractivity contribution in [3.8, 4) is 5.75 Å². The van der Waals surface area contributed by atoms with Crippen LogP contribution in [0.15, 0.2) is 24.3 Å². The Morgan fingerprint density at radius 1 is 1.30 bits per heavy atom. The number of hydrogen-bond acceptors (Lipinski definition) is 3. The van der Waals surface area contributed by atoms with E-state index in [-0.39, 0.29) is 5.92 Å². The van der Waals surface area contributed by atoms with Crippen LogP contribution in [0.25, 0.3) is 0 Å². The van der Waals surface area contributed by atoms with Crippen molar-refractivity contribution in [2.75, 3.05) is 7.11 Å². The van der Waals surface area contributed by atoms with E-state index in [1.54, 1.807) is 7.11 Å². The first-order valence-corrected chi connectivity index (χ1v) is 8.50. The summed E-state index contributed by atoms with van der Waals surface area (Å²) in [6, 6.07) is 7.90. The van der Waals surface area contributed by atoms with Crippen molar-refractivity contribution < 1.29 is 9.53 Å². The van der Waals surface area contributed by atoms with Crippen LogP contribution >= 0.6 is 11.8 Å². The van der Waals surface area contributed by atoms with Crippen LogP contribution in [-0.4, -0.2) is 23.4 Å². The molecule has 2 unspecified atom stereocenters. The highest BCUT2D eigenvalue weighted by Crippen LogP contribution is 2.44. The second-order valence-electron chi connectivity index (χ2n) is 5.97. The van der Waals surface area contributed by atoms with Crippen molar-refractivity contribution in [2.24, 2.45) is 5.92 Å². The first-order valence-electron chi connectivity index (χ1n) is 7.55. The minimum atomic E-state index is 0.290. The van der Waals surface area contributed by atoms with Crippen molar-refractivity contribution >= 4 is 17.5 Å². The van der Waals surface area contributed by atoms with Gasteiger partial charge in [0.15, 0.2) is 0 Å². The molecule has 0 N–H and O–H groups in total. The lowest BCUT2D eigenvalue weighted by Crippen LogP contribution is -2.33. The summed E-state index contributed by atoms with van der Waals surface area (Å²) in [4.78, 5) is 12.5. The summed E-state index contributed by atoms with van der Waals surface area (Å²) < 4.78 is 5.23. The third-order valence-electron chi connectivity index (χ3n) is 4.50. The number of ketones is 1. The molecular formula is C17H22O2S. The van der Waals surface area contributed by atoms with E-state index in [2.05, 4.69) is 11.8 Å². The standard InChI is InChI=1S/C17H22O2S/c1-19-14-5-2-4-12(8-14)9-17(18)13-10-15-6-3-7-16(11-13)20-15/h2,4-5,8,13,15-16H,3,6-7,9-11H2,1H3. The minimum Gasteiger partial charge on any atom is -0.497 e. The zero-order valence-corrected chi connectivity index (χ0v) is 12.8. The number of rotatable bonds is 4. The second kappa shape index (κ2) is 6.21. The fourth-order valence-electron chi connectivity index (χ4n) is 3.45. The Morgan fingerprint density at radius 3 is 2.75 bits per heavy atom. The molecule has 2 saturated heterocycles. The van der Waals surface area contributed by atoms with Crippen LogP contribution in [0.4, 0.5) is 0 Å². The van der Waals surface area contributed by atoms with Crippen LogP contribution in [0.5, 0.6) is 5.75 Å². The average Bonchev–Trinajstić information content (AvgIpc) is 2.47. The average molecular weight is 290 g/mol. The quantitative estimate of drug-likeness (QED) is 0.842. The van der Waals surface area contributed by atoms with E-state index in [0.29, 0.717) is 12.2 Å². The lowest BCUT2D eigenvalue weighted by atomic mass is 9.85. The summed E-state index contributed by atoms with van der Waals surface area (Å²) in [5, 5.41) is 1.48. The van der Waals surface area contributed by atoms with Gasteiger partial charge in [-0.2, -0.15) is 11.8 Å². The number of hydrogen-bond donors (Lipinski definition) is 0. The van der Waals surface area contributed by atoms with Gasteiger partial charge in [-0.05, 0) is 43.4 Å². The summed E-state index contributed by atoms with van der Waals surface area (Å²) in [6.07, 6.45) is 6.74. The van der Waals surface area contributed by atoms with Crippen LogP contribution < -0.4 is 4.74 Å². The van der Waals surface area contributed by atoms with Crippen molar-refractivity contribution in [3.63, 3.8) is 0 Å². The van der Waals surface area contributed by atoms with E-state index in [9.17, 15) is 4.79 Å². The van der Waals surface area contributed by atoms with E-state index < -0.39 is 0 Å². The van der Waals surface area contributed by atoms with Crippen LogP contribution in [0, 0.1) is 5.92 Å². The maximum Gasteiger partial charge on any atom is 0.140 e. The molecule has 0 aromatic heterocycles. The summed E-state index contributed by atoms with van der Waals surface area (Å²) in [5.74, 6) is 1.56. The Balaban J connectivity index is 1.63. The van der Waals surface area contributed by atoms with Crippen molar-refractivity contribution in [1.29, 1.82) is 0 Å². The van der Waals surface area contributed by atoms with Gasteiger partial charge in [0.25, 0.3) is 0 Å². The fourth-order valence-corrected chi connectivity index (χ4v) is 5.29. The SMILES string of the molecule is COc1cccc(CC(=O)C2CC3CCCC(C2)S3)c1. The van der Waals surface area contributed by atoms with Gasteiger partial charge >= 0.3 is 0 Å². The highest BCUT2D eigenvalue weighted by molar-refractivity contribution is 8.00. The molecule has 2 heterocycles. The number of Topliss-reactive ketones (excluding diaryl/α,β-unsaturated/α-hetero) is 1. The van der Waals surface area contributed by atoms with Gasteiger partial charge in [-0.3, -0.25) is 4.79 Å². The molecule has 108 valence electrons. The Kier molecular flexibility index (Phi) is 4.35. The number of fused-ring (bicyclic) bond motifs is 2. The van der Waals surface area contributed by atoms with Crippen molar-refractivity contribution in [2.45, 2.75) is 49.0 Å². The molecule has 2 aliphatic heterocycles. The van der Waals surface area contributed by atoms with Crippen LogP contribution in [0.2, 0.25) is 0 Å². The van der Waals surface area contributed by atoms with Gasteiger partial charge in [0.1, 0.15) is 11.5 Å². The third-order valence-corrected chi connectivity index (χ3v) is 6.13. The molecule has 0 radical (unpaired) electrons. The monoisotopic (exact) mass is 290 g/mol. The van der Waals surface area contributed by atoms with Gasteiger partial charge in [-0.25, -0.2) is 0 Å². The second-order valence-corrected chi connectivity index (χ2v) is 7.58. The normalized spacial score (nSPS) is 28.9. The van der Waals surface area contributed by atoms with E-state index in [4.69, 9.17) is 4.74 Å². The molecule has 3 heteroatoms. The van der Waals surface area contributed by atoms with Gasteiger partial charge < -0.3 is 4.74 Å². The van der Waals surface area contributed by atoms with Crippen LogP contribution in [-0.2, 0) is 11.2 Å². The highest BCUT2D eigenvalue weighted by atomic mass is 32.2. The minimum absolute atomic E-state index is 0.290.